The summed E-state index contributed by atoms with van der Waals surface area (Å²) in [4.78, 5) is 11.4. The molecule has 1 unspecified atom stereocenters. The first-order chi connectivity index (χ1) is 11.0. The zero-order chi connectivity index (χ0) is 16.6. The van der Waals surface area contributed by atoms with Crippen molar-refractivity contribution in [2.45, 2.75) is 26.2 Å². The van der Waals surface area contributed by atoms with Crippen molar-refractivity contribution in [2.75, 3.05) is 5.01 Å². The van der Waals surface area contributed by atoms with Crippen LogP contribution in [0.15, 0.2) is 59.8 Å². The highest BCUT2D eigenvalue weighted by molar-refractivity contribution is 5.63. The van der Waals surface area contributed by atoms with Gasteiger partial charge >= 0.3 is 0 Å². The summed E-state index contributed by atoms with van der Waals surface area (Å²) in [6.07, 6.45) is 7.49. The van der Waals surface area contributed by atoms with Crippen LogP contribution in [0.3, 0.4) is 0 Å². The van der Waals surface area contributed by atoms with Crippen LogP contribution in [-0.2, 0) is 4.79 Å². The highest BCUT2D eigenvalue weighted by atomic mass is 19.1. The van der Waals surface area contributed by atoms with Gasteiger partial charge in [-0.3, -0.25) is 5.01 Å². The third-order valence-corrected chi connectivity index (χ3v) is 5.25. The number of aldehydes is 1. The SMILES string of the molecule is C=CC1=C(N(N)c2ccc(F)cc2)C=C2CC[C@H](C=O)C2(C)C1. The second-order valence-electron chi connectivity index (χ2n) is 6.51. The molecular weight excluding hydrogens is 291 g/mol. The maximum atomic E-state index is 13.1. The van der Waals surface area contributed by atoms with E-state index in [9.17, 15) is 9.18 Å². The highest BCUT2D eigenvalue weighted by Gasteiger charge is 2.45. The summed E-state index contributed by atoms with van der Waals surface area (Å²) < 4.78 is 13.1. The Morgan fingerprint density at radius 1 is 1.39 bits per heavy atom. The lowest BCUT2D eigenvalue weighted by Crippen LogP contribution is -2.35. The normalized spacial score (nSPS) is 26.6. The minimum atomic E-state index is -0.292. The van der Waals surface area contributed by atoms with Gasteiger partial charge in [-0.15, -0.1) is 0 Å². The fourth-order valence-corrected chi connectivity index (χ4v) is 3.74. The quantitative estimate of drug-likeness (QED) is 0.521. The molecule has 2 aliphatic rings. The standard InChI is InChI=1S/C19H21FN2O/c1-3-13-11-19(2)14(4-5-15(19)12-23)10-18(13)22(21)17-8-6-16(20)7-9-17/h3,6-10,12,15H,1,4-5,11,21H2,2H3/t15-,19?/m1/s1. The van der Waals surface area contributed by atoms with Crippen LogP contribution in [0.1, 0.15) is 26.2 Å². The summed E-state index contributed by atoms with van der Waals surface area (Å²) in [6.45, 7) is 6.05. The molecule has 1 aromatic carbocycles. The first kappa shape index (κ1) is 15.7. The van der Waals surface area contributed by atoms with Crippen molar-refractivity contribution in [2.24, 2.45) is 17.2 Å². The summed E-state index contributed by atoms with van der Waals surface area (Å²) in [5.74, 6) is 6.02. The van der Waals surface area contributed by atoms with Gasteiger partial charge in [0, 0.05) is 11.3 Å². The van der Waals surface area contributed by atoms with Gasteiger partial charge in [-0.2, -0.15) is 0 Å². The second-order valence-corrected chi connectivity index (χ2v) is 6.51. The number of rotatable bonds is 4. The number of halogens is 1. The van der Waals surface area contributed by atoms with Gasteiger partial charge in [0.05, 0.1) is 11.4 Å². The van der Waals surface area contributed by atoms with Crippen LogP contribution in [-0.4, -0.2) is 6.29 Å². The number of hydrogen-bond acceptors (Lipinski definition) is 3. The molecule has 2 N–H and O–H groups in total. The molecule has 1 saturated carbocycles. The van der Waals surface area contributed by atoms with Gasteiger partial charge in [-0.25, -0.2) is 10.2 Å². The van der Waals surface area contributed by atoms with Gasteiger partial charge < -0.3 is 4.79 Å². The first-order valence-electron chi connectivity index (χ1n) is 7.82. The molecule has 23 heavy (non-hydrogen) atoms. The largest absolute Gasteiger partial charge is 0.303 e. The van der Waals surface area contributed by atoms with Crippen molar-refractivity contribution < 1.29 is 9.18 Å². The van der Waals surface area contributed by atoms with Crippen LogP contribution in [0.2, 0.25) is 0 Å². The third kappa shape index (κ3) is 2.53. The minimum Gasteiger partial charge on any atom is -0.303 e. The lowest BCUT2D eigenvalue weighted by Gasteiger charge is -2.37. The van der Waals surface area contributed by atoms with Crippen LogP contribution in [0.25, 0.3) is 0 Å². The smallest absolute Gasteiger partial charge is 0.123 e. The lowest BCUT2D eigenvalue weighted by atomic mass is 9.70. The van der Waals surface area contributed by atoms with E-state index in [1.807, 2.05) is 0 Å². The van der Waals surface area contributed by atoms with Gasteiger partial charge in [0.1, 0.15) is 12.1 Å². The van der Waals surface area contributed by atoms with Crippen molar-refractivity contribution in [3.05, 3.63) is 65.7 Å². The Balaban J connectivity index is 2.00. The van der Waals surface area contributed by atoms with Gasteiger partial charge in [0.25, 0.3) is 0 Å². The Hall–Kier alpha value is -2.20. The van der Waals surface area contributed by atoms with Gasteiger partial charge in [-0.1, -0.05) is 25.2 Å². The third-order valence-electron chi connectivity index (χ3n) is 5.25. The number of nitrogens with two attached hydrogens (primary N) is 1. The fraction of sp³-hybridized carbons (Fsp3) is 0.316. The summed E-state index contributed by atoms with van der Waals surface area (Å²) in [7, 11) is 0. The van der Waals surface area contributed by atoms with Crippen LogP contribution in [0.5, 0.6) is 0 Å². The number of benzene rings is 1. The number of allylic oxidation sites excluding steroid dienone is 4. The average molecular weight is 312 g/mol. The number of fused-ring (bicyclic) bond motifs is 1. The topological polar surface area (TPSA) is 46.3 Å². The van der Waals surface area contributed by atoms with E-state index in [4.69, 9.17) is 5.84 Å². The summed E-state index contributed by atoms with van der Waals surface area (Å²) >= 11 is 0. The predicted molar refractivity (Wildman–Crippen MR) is 89.9 cm³/mol. The van der Waals surface area contributed by atoms with E-state index < -0.39 is 0 Å². The van der Waals surface area contributed by atoms with Crippen molar-refractivity contribution >= 4 is 12.0 Å². The van der Waals surface area contributed by atoms with Crippen LogP contribution in [0, 0.1) is 17.2 Å². The van der Waals surface area contributed by atoms with Gasteiger partial charge in [0.2, 0.25) is 0 Å². The molecule has 2 atom stereocenters. The highest BCUT2D eigenvalue weighted by Crippen LogP contribution is 2.53. The molecule has 1 fully saturated rings. The zero-order valence-corrected chi connectivity index (χ0v) is 13.3. The van der Waals surface area contributed by atoms with Crippen LogP contribution in [0.4, 0.5) is 10.1 Å². The molecule has 0 aromatic heterocycles. The van der Waals surface area contributed by atoms with E-state index in [0.29, 0.717) is 5.69 Å². The Kier molecular flexibility index (Phi) is 3.94. The van der Waals surface area contributed by atoms with E-state index in [2.05, 4.69) is 19.6 Å². The number of carbonyl (C=O) groups excluding carboxylic acids is 1. The molecule has 2 aliphatic carbocycles. The van der Waals surface area contributed by atoms with E-state index in [1.165, 1.54) is 17.7 Å². The molecule has 1 aromatic rings. The molecule has 0 aliphatic heterocycles. The van der Waals surface area contributed by atoms with E-state index in [1.54, 1.807) is 23.2 Å². The molecule has 0 radical (unpaired) electrons. The van der Waals surface area contributed by atoms with Crippen molar-refractivity contribution in [3.8, 4) is 0 Å². The zero-order valence-electron chi connectivity index (χ0n) is 13.3. The minimum absolute atomic E-state index is 0.0438. The van der Waals surface area contributed by atoms with Gasteiger partial charge in [0.15, 0.2) is 0 Å². The van der Waals surface area contributed by atoms with Crippen molar-refractivity contribution in [3.63, 3.8) is 0 Å². The number of carbonyl (C=O) groups is 1. The Labute approximate surface area is 135 Å². The van der Waals surface area contributed by atoms with E-state index in [0.717, 1.165) is 36.8 Å². The summed E-state index contributed by atoms with van der Waals surface area (Å²) in [5.41, 5.74) is 3.71. The number of hydrogen-bond donors (Lipinski definition) is 1. The molecule has 0 bridgehead atoms. The van der Waals surface area contributed by atoms with Crippen LogP contribution < -0.4 is 10.9 Å². The van der Waals surface area contributed by atoms with E-state index in [-0.39, 0.29) is 17.2 Å². The van der Waals surface area contributed by atoms with Crippen LogP contribution >= 0.6 is 0 Å². The molecule has 0 spiro atoms. The molecule has 0 heterocycles. The number of anilines is 1. The Morgan fingerprint density at radius 2 is 2.09 bits per heavy atom. The maximum absolute atomic E-state index is 13.1. The molecule has 3 nitrogen and oxygen atoms in total. The summed E-state index contributed by atoms with van der Waals surface area (Å²) in [5, 5.41) is 1.57. The average Bonchev–Trinajstić information content (AvgIpc) is 2.88. The van der Waals surface area contributed by atoms with E-state index >= 15 is 0 Å². The molecule has 0 saturated heterocycles. The number of hydrazine groups is 1. The monoisotopic (exact) mass is 312 g/mol. The van der Waals surface area contributed by atoms with Gasteiger partial charge in [-0.05, 0) is 55.2 Å². The van der Waals surface area contributed by atoms with Crippen molar-refractivity contribution in [1.29, 1.82) is 0 Å². The second kappa shape index (κ2) is 5.78. The predicted octanol–water partition coefficient (Wildman–Crippen LogP) is 3.89. The molecule has 4 heteroatoms. The first-order valence-corrected chi connectivity index (χ1v) is 7.82. The molecular formula is C19H21FN2O. The number of nitrogens with zero attached hydrogens (tertiary/aromatic N) is 1. The summed E-state index contributed by atoms with van der Waals surface area (Å²) in [6, 6.07) is 6.08. The Morgan fingerprint density at radius 3 is 2.70 bits per heavy atom. The molecule has 120 valence electrons. The maximum Gasteiger partial charge on any atom is 0.123 e. The van der Waals surface area contributed by atoms with Crippen molar-refractivity contribution in [1.82, 2.24) is 0 Å². The molecule has 0 amide bonds. The Bertz CT molecular complexity index is 705. The lowest BCUT2D eigenvalue weighted by molar-refractivity contribution is -0.113. The molecule has 3 rings (SSSR count). The fourth-order valence-electron chi connectivity index (χ4n) is 3.74.